The minimum absolute atomic E-state index is 0.0654. The fourth-order valence-corrected chi connectivity index (χ4v) is 1.31. The number of hydrogen-bond donors (Lipinski definition) is 5. The van der Waals surface area contributed by atoms with E-state index in [1.807, 2.05) is 0 Å². The lowest BCUT2D eigenvalue weighted by Crippen LogP contribution is -2.44. The van der Waals surface area contributed by atoms with Crippen LogP contribution in [-0.2, 0) is 23.9 Å². The number of ether oxygens (including phenoxy) is 1. The summed E-state index contributed by atoms with van der Waals surface area (Å²) in [6, 6.07) is -1.13. The molecule has 0 unspecified atom stereocenters. The van der Waals surface area contributed by atoms with E-state index in [9.17, 15) is 19.2 Å². The zero-order valence-corrected chi connectivity index (χ0v) is 11.2. The molecule has 120 valence electrons. The van der Waals surface area contributed by atoms with Crippen LogP contribution in [0, 0.1) is 0 Å². The van der Waals surface area contributed by atoms with Crippen LogP contribution in [0.25, 0.3) is 0 Å². The number of carboxylic acid groups (broad SMARTS) is 1. The van der Waals surface area contributed by atoms with Gasteiger partial charge >= 0.3 is 11.9 Å². The molecule has 0 saturated heterocycles. The highest BCUT2D eigenvalue weighted by atomic mass is 16.6. The van der Waals surface area contributed by atoms with Crippen molar-refractivity contribution in [3.05, 3.63) is 0 Å². The molecule has 10 heteroatoms. The van der Waals surface area contributed by atoms with Crippen molar-refractivity contribution in [2.75, 3.05) is 26.4 Å². The van der Waals surface area contributed by atoms with Crippen LogP contribution in [0.1, 0.15) is 12.8 Å². The predicted octanol–water partition coefficient (Wildman–Crippen LogP) is -3.02. The molecule has 10 nitrogen and oxygen atoms in total. The molecule has 1 atom stereocenters. The summed E-state index contributed by atoms with van der Waals surface area (Å²) in [5.74, 6) is -3.69. The zero-order valence-electron chi connectivity index (χ0n) is 11.2. The standard InChI is InChI=1S/C11H18N2O8/c14-4-8(16)12-3-1-2-7(13-9(17)5-15)11(20)21-6-10(18)19/h7,14-15H,1-6H2,(H,12,16)(H,13,17)(H,18,19)/t7-/m0/s1. The molecule has 2 amide bonds. The number of amides is 2. The van der Waals surface area contributed by atoms with Gasteiger partial charge in [-0.15, -0.1) is 0 Å². The predicted molar refractivity (Wildman–Crippen MR) is 66.9 cm³/mol. The van der Waals surface area contributed by atoms with Gasteiger partial charge in [0.1, 0.15) is 19.3 Å². The van der Waals surface area contributed by atoms with E-state index >= 15 is 0 Å². The van der Waals surface area contributed by atoms with Crippen LogP contribution in [0.5, 0.6) is 0 Å². The van der Waals surface area contributed by atoms with Crippen molar-refractivity contribution < 1.29 is 39.2 Å². The van der Waals surface area contributed by atoms with Crippen molar-refractivity contribution in [3.8, 4) is 0 Å². The number of aliphatic hydroxyl groups is 2. The Morgan fingerprint density at radius 2 is 1.67 bits per heavy atom. The van der Waals surface area contributed by atoms with E-state index in [2.05, 4.69) is 15.4 Å². The zero-order chi connectivity index (χ0) is 16.3. The van der Waals surface area contributed by atoms with E-state index in [4.69, 9.17) is 15.3 Å². The fraction of sp³-hybridized carbons (Fsp3) is 0.636. The van der Waals surface area contributed by atoms with E-state index in [0.717, 1.165) is 0 Å². The highest BCUT2D eigenvalue weighted by Gasteiger charge is 2.22. The van der Waals surface area contributed by atoms with Gasteiger partial charge in [0.15, 0.2) is 6.61 Å². The molecule has 0 aromatic heterocycles. The summed E-state index contributed by atoms with van der Waals surface area (Å²) < 4.78 is 4.45. The molecule has 0 fully saturated rings. The van der Waals surface area contributed by atoms with Gasteiger partial charge < -0.3 is 30.7 Å². The number of carbonyl (C=O) groups is 4. The van der Waals surface area contributed by atoms with Crippen LogP contribution in [0.3, 0.4) is 0 Å². The van der Waals surface area contributed by atoms with Crippen LogP contribution in [-0.4, -0.2) is 71.5 Å². The van der Waals surface area contributed by atoms with Crippen molar-refractivity contribution in [1.82, 2.24) is 10.6 Å². The Morgan fingerprint density at radius 1 is 1.05 bits per heavy atom. The molecule has 0 aromatic carbocycles. The van der Waals surface area contributed by atoms with Crippen molar-refractivity contribution >= 4 is 23.8 Å². The number of carboxylic acids is 1. The van der Waals surface area contributed by atoms with E-state index in [-0.39, 0.29) is 19.4 Å². The van der Waals surface area contributed by atoms with Crippen LogP contribution >= 0.6 is 0 Å². The fourth-order valence-electron chi connectivity index (χ4n) is 1.31. The Kier molecular flexibility index (Phi) is 9.46. The first-order valence-corrected chi connectivity index (χ1v) is 6.07. The number of aliphatic hydroxyl groups excluding tert-OH is 2. The summed E-state index contributed by atoms with van der Waals surface area (Å²) in [5, 5.41) is 30.0. The van der Waals surface area contributed by atoms with E-state index < -0.39 is 49.6 Å². The number of hydrogen-bond acceptors (Lipinski definition) is 7. The third kappa shape index (κ3) is 9.35. The van der Waals surface area contributed by atoms with Gasteiger partial charge in [0, 0.05) is 6.54 Å². The number of aliphatic carboxylic acids is 1. The van der Waals surface area contributed by atoms with Crippen molar-refractivity contribution in [1.29, 1.82) is 0 Å². The first-order chi connectivity index (χ1) is 9.90. The lowest BCUT2D eigenvalue weighted by atomic mass is 10.1. The summed E-state index contributed by atoms with van der Waals surface area (Å²) in [6.07, 6.45) is 0.334. The first-order valence-electron chi connectivity index (χ1n) is 6.07. The van der Waals surface area contributed by atoms with Gasteiger partial charge in [-0.05, 0) is 12.8 Å². The summed E-state index contributed by atoms with van der Waals surface area (Å²) in [4.78, 5) is 43.7. The Bertz CT molecular complexity index is 384. The monoisotopic (exact) mass is 306 g/mol. The highest BCUT2D eigenvalue weighted by molar-refractivity contribution is 5.85. The molecule has 0 radical (unpaired) electrons. The normalized spacial score (nSPS) is 11.3. The summed E-state index contributed by atoms with van der Waals surface area (Å²) in [5.41, 5.74) is 0. The molecule has 0 spiro atoms. The molecule has 21 heavy (non-hydrogen) atoms. The first kappa shape index (κ1) is 18.8. The molecule has 0 aliphatic rings. The van der Waals surface area contributed by atoms with Gasteiger partial charge in [0.05, 0.1) is 0 Å². The maximum Gasteiger partial charge on any atom is 0.341 e. The van der Waals surface area contributed by atoms with E-state index in [1.165, 1.54) is 0 Å². The van der Waals surface area contributed by atoms with Crippen molar-refractivity contribution in [2.45, 2.75) is 18.9 Å². The van der Waals surface area contributed by atoms with Crippen LogP contribution in [0.2, 0.25) is 0 Å². The largest absolute Gasteiger partial charge is 0.479 e. The molecule has 0 heterocycles. The van der Waals surface area contributed by atoms with Crippen LogP contribution in [0.4, 0.5) is 0 Å². The molecule has 0 aliphatic heterocycles. The molecule has 0 aliphatic carbocycles. The second-order valence-electron chi connectivity index (χ2n) is 3.93. The highest BCUT2D eigenvalue weighted by Crippen LogP contribution is 2.00. The molecule has 5 N–H and O–H groups in total. The Balaban J connectivity index is 4.31. The minimum Gasteiger partial charge on any atom is -0.479 e. The minimum atomic E-state index is -1.34. The summed E-state index contributed by atoms with van der Waals surface area (Å²) in [6.45, 7) is -2.18. The van der Waals surface area contributed by atoms with Crippen LogP contribution in [0.15, 0.2) is 0 Å². The number of rotatable bonds is 10. The number of esters is 1. The lowest BCUT2D eigenvalue weighted by molar-refractivity contribution is -0.157. The summed E-state index contributed by atoms with van der Waals surface area (Å²) in [7, 11) is 0. The quantitative estimate of drug-likeness (QED) is 0.210. The average molecular weight is 306 g/mol. The van der Waals surface area contributed by atoms with Gasteiger partial charge in [-0.2, -0.15) is 0 Å². The smallest absolute Gasteiger partial charge is 0.341 e. The van der Waals surface area contributed by atoms with Gasteiger partial charge in [-0.25, -0.2) is 9.59 Å². The molecule has 0 aromatic rings. The number of nitrogens with one attached hydrogen (secondary N) is 2. The third-order valence-electron chi connectivity index (χ3n) is 2.24. The molecule has 0 bridgehead atoms. The topological polar surface area (TPSA) is 162 Å². The third-order valence-corrected chi connectivity index (χ3v) is 2.24. The van der Waals surface area contributed by atoms with Gasteiger partial charge in [0.2, 0.25) is 11.8 Å². The molecular formula is C11H18N2O8. The average Bonchev–Trinajstić information content (AvgIpc) is 2.46. The molecule has 0 rings (SSSR count). The Hall–Kier alpha value is -2.20. The van der Waals surface area contributed by atoms with E-state index in [1.54, 1.807) is 0 Å². The van der Waals surface area contributed by atoms with Crippen LogP contribution < -0.4 is 10.6 Å². The lowest BCUT2D eigenvalue weighted by Gasteiger charge is -2.16. The molecular weight excluding hydrogens is 288 g/mol. The SMILES string of the molecule is O=C(O)COC(=O)[C@H](CCCNC(=O)CO)NC(=O)CO. The van der Waals surface area contributed by atoms with Gasteiger partial charge in [-0.3, -0.25) is 9.59 Å². The Labute approximate surface area is 120 Å². The maximum absolute atomic E-state index is 11.6. The summed E-state index contributed by atoms with van der Waals surface area (Å²) >= 11 is 0. The maximum atomic E-state index is 11.6. The second-order valence-corrected chi connectivity index (χ2v) is 3.93. The van der Waals surface area contributed by atoms with Gasteiger partial charge in [0.25, 0.3) is 0 Å². The number of carbonyl (C=O) groups excluding carboxylic acids is 3. The van der Waals surface area contributed by atoms with Crippen molar-refractivity contribution in [3.63, 3.8) is 0 Å². The van der Waals surface area contributed by atoms with Crippen molar-refractivity contribution in [2.24, 2.45) is 0 Å². The Morgan fingerprint density at radius 3 is 2.19 bits per heavy atom. The van der Waals surface area contributed by atoms with E-state index in [0.29, 0.717) is 0 Å². The van der Waals surface area contributed by atoms with Gasteiger partial charge in [-0.1, -0.05) is 0 Å². The second kappa shape index (κ2) is 10.6. The molecule has 0 saturated carbocycles.